The summed E-state index contributed by atoms with van der Waals surface area (Å²) in [4.78, 5) is 50.7. The quantitative estimate of drug-likeness (QED) is 0.323. The van der Waals surface area contributed by atoms with Crippen molar-refractivity contribution in [3.05, 3.63) is 83.9 Å². The number of ether oxygens (including phenoxy) is 2. The van der Waals surface area contributed by atoms with E-state index >= 15 is 0 Å². The van der Waals surface area contributed by atoms with Gasteiger partial charge in [-0.25, -0.2) is 9.89 Å². The number of aliphatic imine (C=N–C) groups is 2. The van der Waals surface area contributed by atoms with Gasteiger partial charge in [-0.05, 0) is 43.2 Å². The van der Waals surface area contributed by atoms with Gasteiger partial charge < -0.3 is 20.1 Å². The zero-order valence-corrected chi connectivity index (χ0v) is 25.0. The molecule has 2 atom stereocenters. The van der Waals surface area contributed by atoms with E-state index in [1.807, 2.05) is 67.6 Å². The summed E-state index contributed by atoms with van der Waals surface area (Å²) in [5.41, 5.74) is 2.83. The number of carbonyl (C=O) groups is 3. The molecule has 3 aromatic rings. The number of fused-ring (bicyclic) bond motifs is 3. The first-order valence-corrected chi connectivity index (χ1v) is 14.9. The summed E-state index contributed by atoms with van der Waals surface area (Å²) in [5, 5.41) is 5.68. The molecule has 10 nitrogen and oxygen atoms in total. The van der Waals surface area contributed by atoms with E-state index in [0.29, 0.717) is 46.8 Å². The maximum absolute atomic E-state index is 13.7. The van der Waals surface area contributed by atoms with Gasteiger partial charge in [-0.3, -0.25) is 19.4 Å². The molecule has 2 N–H and O–H groups in total. The fourth-order valence-electron chi connectivity index (χ4n) is 4.88. The Hall–Kier alpha value is -4.64. The largest absolute Gasteiger partial charge is 0.496 e. The number of anilines is 1. The van der Waals surface area contributed by atoms with Crippen LogP contribution in [-0.2, 0) is 20.9 Å². The Balaban J connectivity index is 1.29. The molecule has 2 aliphatic heterocycles. The van der Waals surface area contributed by atoms with Gasteiger partial charge >= 0.3 is 0 Å². The first kappa shape index (κ1) is 29.8. The first-order chi connectivity index (χ1) is 20.9. The average Bonchev–Trinajstić information content (AvgIpc) is 3.38. The third-order valence-electron chi connectivity index (χ3n) is 7.14. The minimum absolute atomic E-state index is 0.121. The number of carbonyl (C=O) groups excluding carboxylic acids is 3. The van der Waals surface area contributed by atoms with Crippen molar-refractivity contribution in [1.82, 2.24) is 10.2 Å². The number of nitrogens with zero attached hydrogens (tertiary/aromatic N) is 3. The molecule has 5 rings (SSSR count). The van der Waals surface area contributed by atoms with Crippen molar-refractivity contribution in [2.24, 2.45) is 9.98 Å². The highest BCUT2D eigenvalue weighted by atomic mass is 32.2. The minimum Gasteiger partial charge on any atom is -0.496 e. The molecule has 11 heteroatoms. The van der Waals surface area contributed by atoms with Crippen LogP contribution in [0.3, 0.4) is 0 Å². The van der Waals surface area contributed by atoms with Gasteiger partial charge in [0.1, 0.15) is 23.4 Å². The molecule has 2 heterocycles. The molecule has 0 unspecified atom stereocenters. The molecule has 0 aliphatic carbocycles. The Labute approximate surface area is 254 Å². The molecule has 222 valence electrons. The Morgan fingerprint density at radius 3 is 2.44 bits per heavy atom. The zero-order chi connectivity index (χ0) is 30.3. The molecule has 3 aromatic carbocycles. The van der Waals surface area contributed by atoms with Gasteiger partial charge in [0, 0.05) is 24.1 Å². The smallest absolute Gasteiger partial charge is 0.259 e. The van der Waals surface area contributed by atoms with Crippen molar-refractivity contribution in [1.29, 1.82) is 0 Å². The molecular formula is C32H33N5O5S. The van der Waals surface area contributed by atoms with Crippen molar-refractivity contribution in [3.63, 3.8) is 0 Å². The molecule has 0 fully saturated rings. The van der Waals surface area contributed by atoms with Gasteiger partial charge in [-0.2, -0.15) is 0 Å². The molecule has 0 aromatic heterocycles. The topological polar surface area (TPSA) is 122 Å². The predicted molar refractivity (Wildman–Crippen MR) is 168 cm³/mol. The van der Waals surface area contributed by atoms with Gasteiger partial charge in [0.2, 0.25) is 11.8 Å². The van der Waals surface area contributed by atoms with Crippen molar-refractivity contribution in [2.45, 2.75) is 44.0 Å². The fourth-order valence-corrected chi connectivity index (χ4v) is 5.90. The average molecular weight is 600 g/mol. The van der Waals surface area contributed by atoms with Gasteiger partial charge in [-0.15, -0.1) is 0 Å². The molecule has 3 amide bonds. The number of amidine groups is 2. The monoisotopic (exact) mass is 599 g/mol. The third-order valence-corrected chi connectivity index (χ3v) is 8.45. The van der Waals surface area contributed by atoms with Crippen molar-refractivity contribution < 1.29 is 23.9 Å². The van der Waals surface area contributed by atoms with Crippen LogP contribution in [0.1, 0.15) is 37.3 Å². The maximum Gasteiger partial charge on any atom is 0.259 e. The van der Waals surface area contributed by atoms with E-state index in [-0.39, 0.29) is 30.6 Å². The van der Waals surface area contributed by atoms with Gasteiger partial charge in [0.05, 0.1) is 30.8 Å². The van der Waals surface area contributed by atoms with E-state index in [4.69, 9.17) is 19.5 Å². The lowest BCUT2D eigenvalue weighted by Crippen LogP contribution is -2.42. The minimum atomic E-state index is -0.744. The predicted octanol–water partition coefficient (Wildman–Crippen LogP) is 4.91. The Morgan fingerprint density at radius 1 is 0.977 bits per heavy atom. The number of benzene rings is 3. The number of nitrogens with one attached hydrogen (secondary N) is 2. The summed E-state index contributed by atoms with van der Waals surface area (Å²) < 4.78 is 10.7. The summed E-state index contributed by atoms with van der Waals surface area (Å²) in [6.07, 6.45) is 0.856. The van der Waals surface area contributed by atoms with Crippen LogP contribution in [-0.4, -0.2) is 59.1 Å². The van der Waals surface area contributed by atoms with Crippen molar-refractivity contribution in [3.8, 4) is 11.5 Å². The lowest BCUT2D eigenvalue weighted by atomic mass is 10.1. The number of thioether (sulfide) groups is 1. The van der Waals surface area contributed by atoms with E-state index in [1.54, 1.807) is 26.4 Å². The molecule has 2 aliphatic rings. The lowest BCUT2D eigenvalue weighted by Gasteiger charge is -2.27. The molecule has 0 saturated heterocycles. The third kappa shape index (κ3) is 6.56. The Bertz CT molecular complexity index is 1590. The zero-order valence-electron chi connectivity index (χ0n) is 24.2. The van der Waals surface area contributed by atoms with E-state index in [1.165, 1.54) is 16.7 Å². The summed E-state index contributed by atoms with van der Waals surface area (Å²) in [7, 11) is 3.13. The normalized spacial score (nSPS) is 15.9. The van der Waals surface area contributed by atoms with Gasteiger partial charge in [0.15, 0.2) is 5.17 Å². The highest BCUT2D eigenvalue weighted by Crippen LogP contribution is 2.36. The lowest BCUT2D eigenvalue weighted by molar-refractivity contribution is -0.125. The number of rotatable bonds is 11. The van der Waals surface area contributed by atoms with Crippen LogP contribution in [0.5, 0.6) is 11.5 Å². The molecule has 0 spiro atoms. The maximum atomic E-state index is 13.7. The van der Waals surface area contributed by atoms with Crippen LogP contribution < -0.4 is 20.1 Å². The Morgan fingerprint density at radius 2 is 1.67 bits per heavy atom. The fraction of sp³-hybridized carbons (Fsp3) is 0.281. The van der Waals surface area contributed by atoms with Crippen molar-refractivity contribution >= 4 is 51.9 Å². The highest BCUT2D eigenvalue weighted by Gasteiger charge is 2.42. The Kier molecular flexibility index (Phi) is 9.41. The first-order valence-electron chi connectivity index (χ1n) is 14.0. The second-order valence-corrected chi connectivity index (χ2v) is 11.1. The standard InChI is InChI=1S/C32H33N5O5S/c1-4-27(30(39)35-23-14-8-10-16-26(23)42-3)43-32-36-22-13-7-6-12-21(22)29-34-24(31(40)37(29)32)17-18-28(38)33-19-20-11-5-9-15-25(20)41-2/h5-16,24,27H,4,17-19H2,1-3H3,(H,33,38)(H,35,39)/t24-,27-/m1/s1. The number of hydrogen-bond acceptors (Lipinski definition) is 8. The molecule has 0 saturated carbocycles. The van der Waals surface area contributed by atoms with E-state index < -0.39 is 11.3 Å². The van der Waals surface area contributed by atoms with Gasteiger partial charge in [0.25, 0.3) is 5.91 Å². The van der Waals surface area contributed by atoms with Crippen LogP contribution in [0.2, 0.25) is 0 Å². The van der Waals surface area contributed by atoms with E-state index in [2.05, 4.69) is 10.6 Å². The summed E-state index contributed by atoms with van der Waals surface area (Å²) in [5.74, 6) is 1.05. The van der Waals surface area contributed by atoms with Crippen LogP contribution in [0, 0.1) is 0 Å². The van der Waals surface area contributed by atoms with Crippen LogP contribution in [0.25, 0.3) is 0 Å². The van der Waals surface area contributed by atoms with Gasteiger partial charge in [-0.1, -0.05) is 61.2 Å². The van der Waals surface area contributed by atoms with E-state index in [9.17, 15) is 14.4 Å². The van der Waals surface area contributed by atoms with Crippen LogP contribution in [0.4, 0.5) is 11.4 Å². The van der Waals surface area contributed by atoms with Crippen molar-refractivity contribution in [2.75, 3.05) is 19.5 Å². The van der Waals surface area contributed by atoms with Crippen LogP contribution >= 0.6 is 11.8 Å². The van der Waals surface area contributed by atoms with E-state index in [0.717, 1.165) is 11.1 Å². The molecule has 0 radical (unpaired) electrons. The number of para-hydroxylation sites is 4. The molecule has 43 heavy (non-hydrogen) atoms. The molecular weight excluding hydrogens is 566 g/mol. The summed E-state index contributed by atoms with van der Waals surface area (Å²) >= 11 is 1.22. The summed E-state index contributed by atoms with van der Waals surface area (Å²) in [6.45, 7) is 2.22. The number of methoxy groups -OCH3 is 2. The SMILES string of the molecule is CC[C@@H](SC1=Nc2ccccc2C2=N[C@H](CCC(=O)NCc3ccccc3OC)C(=O)N12)C(=O)Nc1ccccc1OC. The second kappa shape index (κ2) is 13.6. The molecule has 0 bridgehead atoms. The highest BCUT2D eigenvalue weighted by molar-refractivity contribution is 8.15. The van der Waals surface area contributed by atoms with Crippen LogP contribution in [0.15, 0.2) is 82.8 Å². The second-order valence-electron chi connectivity index (χ2n) is 9.89. The summed E-state index contributed by atoms with van der Waals surface area (Å²) in [6, 6.07) is 21.4. The number of hydrogen-bond donors (Lipinski definition) is 2. The number of amides is 3.